The molecule has 0 spiro atoms. The Morgan fingerprint density at radius 2 is 1.86 bits per heavy atom. The summed E-state index contributed by atoms with van der Waals surface area (Å²) in [5, 5.41) is 11.7. The first-order chi connectivity index (χ1) is 6.83. The lowest BCUT2D eigenvalue weighted by Gasteiger charge is -2.02. The molecule has 1 atom stereocenters. The lowest BCUT2D eigenvalue weighted by atomic mass is 10.1. The SMILES string of the molecule is OC1Cc2cc3ccccc3cc2O1. The number of rotatable bonds is 0. The minimum Gasteiger partial charge on any atom is -0.464 e. The summed E-state index contributed by atoms with van der Waals surface area (Å²) >= 11 is 0. The molecule has 2 nitrogen and oxygen atoms in total. The standard InChI is InChI=1S/C12H10O2/c13-12-7-10-5-8-3-1-2-4-9(8)6-11(10)14-12/h1-6,12-13H,7H2. The van der Waals surface area contributed by atoms with E-state index in [0.717, 1.165) is 16.7 Å². The van der Waals surface area contributed by atoms with Crippen LogP contribution in [-0.4, -0.2) is 11.4 Å². The third kappa shape index (κ3) is 1.08. The van der Waals surface area contributed by atoms with E-state index in [1.54, 1.807) is 0 Å². The highest BCUT2D eigenvalue weighted by molar-refractivity contribution is 5.85. The van der Waals surface area contributed by atoms with E-state index < -0.39 is 6.29 Å². The molecule has 14 heavy (non-hydrogen) atoms. The first kappa shape index (κ1) is 7.83. The summed E-state index contributed by atoms with van der Waals surface area (Å²) in [4.78, 5) is 0. The van der Waals surface area contributed by atoms with Gasteiger partial charge in [-0.05, 0) is 22.9 Å². The fourth-order valence-electron chi connectivity index (χ4n) is 1.91. The molecule has 0 aromatic heterocycles. The van der Waals surface area contributed by atoms with Crippen LogP contribution in [0.5, 0.6) is 5.75 Å². The zero-order valence-corrected chi connectivity index (χ0v) is 7.60. The van der Waals surface area contributed by atoms with Crippen molar-refractivity contribution in [3.05, 3.63) is 42.0 Å². The molecule has 1 N–H and O–H groups in total. The summed E-state index contributed by atoms with van der Waals surface area (Å²) in [6.45, 7) is 0. The average Bonchev–Trinajstić information content (AvgIpc) is 2.53. The molecular formula is C12H10O2. The van der Waals surface area contributed by atoms with Gasteiger partial charge in [-0.15, -0.1) is 0 Å². The molecule has 0 fully saturated rings. The number of benzene rings is 2. The smallest absolute Gasteiger partial charge is 0.201 e. The van der Waals surface area contributed by atoms with Crippen molar-refractivity contribution in [2.24, 2.45) is 0 Å². The van der Waals surface area contributed by atoms with E-state index in [4.69, 9.17) is 4.74 Å². The van der Waals surface area contributed by atoms with E-state index in [0.29, 0.717) is 6.42 Å². The van der Waals surface area contributed by atoms with Crippen LogP contribution in [-0.2, 0) is 6.42 Å². The topological polar surface area (TPSA) is 29.5 Å². The van der Waals surface area contributed by atoms with Gasteiger partial charge in [0.2, 0.25) is 6.29 Å². The Kier molecular flexibility index (Phi) is 1.52. The Morgan fingerprint density at radius 1 is 1.14 bits per heavy atom. The molecule has 0 saturated heterocycles. The molecule has 0 saturated carbocycles. The molecule has 0 bridgehead atoms. The van der Waals surface area contributed by atoms with Gasteiger partial charge in [0.25, 0.3) is 0 Å². The molecule has 2 heteroatoms. The largest absolute Gasteiger partial charge is 0.464 e. The second kappa shape index (κ2) is 2.72. The second-order valence-electron chi connectivity index (χ2n) is 3.58. The summed E-state index contributed by atoms with van der Waals surface area (Å²) < 4.78 is 5.27. The van der Waals surface area contributed by atoms with E-state index in [-0.39, 0.29) is 0 Å². The lowest BCUT2D eigenvalue weighted by Crippen LogP contribution is -2.09. The first-order valence-corrected chi connectivity index (χ1v) is 4.69. The molecule has 2 aromatic rings. The van der Waals surface area contributed by atoms with Crippen LogP contribution in [0.4, 0.5) is 0 Å². The van der Waals surface area contributed by atoms with E-state index in [9.17, 15) is 5.11 Å². The molecule has 2 aromatic carbocycles. The molecule has 70 valence electrons. The Bertz CT molecular complexity index is 446. The normalized spacial score (nSPS) is 19.4. The van der Waals surface area contributed by atoms with Crippen molar-refractivity contribution in [2.45, 2.75) is 12.7 Å². The average molecular weight is 186 g/mol. The van der Waals surface area contributed by atoms with Crippen molar-refractivity contribution < 1.29 is 9.84 Å². The van der Waals surface area contributed by atoms with Gasteiger partial charge < -0.3 is 9.84 Å². The van der Waals surface area contributed by atoms with Crippen LogP contribution in [0.3, 0.4) is 0 Å². The minimum absolute atomic E-state index is 0.597. The van der Waals surface area contributed by atoms with Gasteiger partial charge >= 0.3 is 0 Å². The van der Waals surface area contributed by atoms with Crippen LogP contribution >= 0.6 is 0 Å². The third-order valence-corrected chi connectivity index (χ3v) is 2.59. The van der Waals surface area contributed by atoms with Crippen LogP contribution < -0.4 is 4.74 Å². The lowest BCUT2D eigenvalue weighted by molar-refractivity contribution is 0.00221. The van der Waals surface area contributed by atoms with Crippen LogP contribution in [0.15, 0.2) is 36.4 Å². The first-order valence-electron chi connectivity index (χ1n) is 4.69. The molecule has 1 unspecified atom stereocenters. The van der Waals surface area contributed by atoms with Crippen molar-refractivity contribution >= 4 is 10.8 Å². The van der Waals surface area contributed by atoms with E-state index >= 15 is 0 Å². The molecular weight excluding hydrogens is 176 g/mol. The van der Waals surface area contributed by atoms with Gasteiger partial charge in [-0.3, -0.25) is 0 Å². The predicted octanol–water partition coefficient (Wildman–Crippen LogP) is 2.09. The third-order valence-electron chi connectivity index (χ3n) is 2.59. The summed E-state index contributed by atoms with van der Waals surface area (Å²) in [7, 11) is 0. The predicted molar refractivity (Wildman–Crippen MR) is 54.3 cm³/mol. The highest BCUT2D eigenvalue weighted by Gasteiger charge is 2.20. The molecule has 0 radical (unpaired) electrons. The Hall–Kier alpha value is -1.54. The summed E-state index contributed by atoms with van der Waals surface area (Å²) in [5.74, 6) is 0.816. The fourth-order valence-corrected chi connectivity index (χ4v) is 1.91. The molecule has 3 rings (SSSR count). The summed E-state index contributed by atoms with van der Waals surface area (Å²) in [6.07, 6.45) is -0.0676. The Morgan fingerprint density at radius 3 is 2.64 bits per heavy atom. The van der Waals surface area contributed by atoms with Crippen molar-refractivity contribution in [3.63, 3.8) is 0 Å². The quantitative estimate of drug-likeness (QED) is 0.682. The van der Waals surface area contributed by atoms with E-state index in [1.165, 1.54) is 5.39 Å². The Labute approximate surface area is 81.7 Å². The van der Waals surface area contributed by atoms with Gasteiger partial charge in [0.1, 0.15) is 5.75 Å². The zero-order chi connectivity index (χ0) is 9.54. The van der Waals surface area contributed by atoms with Crippen molar-refractivity contribution in [3.8, 4) is 5.75 Å². The van der Waals surface area contributed by atoms with Crippen LogP contribution in [0.1, 0.15) is 5.56 Å². The zero-order valence-electron chi connectivity index (χ0n) is 7.60. The van der Waals surface area contributed by atoms with E-state index in [1.807, 2.05) is 24.3 Å². The second-order valence-corrected chi connectivity index (χ2v) is 3.58. The number of aliphatic hydroxyl groups is 1. The van der Waals surface area contributed by atoms with Gasteiger partial charge in [0.05, 0.1) is 0 Å². The van der Waals surface area contributed by atoms with Gasteiger partial charge in [-0.1, -0.05) is 24.3 Å². The number of fused-ring (bicyclic) bond motifs is 2. The number of hydrogen-bond donors (Lipinski definition) is 1. The number of aliphatic hydroxyl groups excluding tert-OH is 1. The van der Waals surface area contributed by atoms with Crippen molar-refractivity contribution in [1.29, 1.82) is 0 Å². The van der Waals surface area contributed by atoms with Crippen LogP contribution in [0.25, 0.3) is 10.8 Å². The summed E-state index contributed by atoms with van der Waals surface area (Å²) in [6, 6.07) is 12.2. The Balaban J connectivity index is 2.27. The molecule has 1 aliphatic rings. The van der Waals surface area contributed by atoms with Gasteiger partial charge in [-0.2, -0.15) is 0 Å². The highest BCUT2D eigenvalue weighted by Crippen LogP contribution is 2.32. The number of ether oxygens (including phenoxy) is 1. The maximum Gasteiger partial charge on any atom is 0.201 e. The number of hydrogen-bond acceptors (Lipinski definition) is 2. The minimum atomic E-state index is -0.665. The monoisotopic (exact) mass is 186 g/mol. The fraction of sp³-hybridized carbons (Fsp3) is 0.167. The maximum absolute atomic E-state index is 9.34. The molecule has 0 aliphatic carbocycles. The van der Waals surface area contributed by atoms with E-state index in [2.05, 4.69) is 12.1 Å². The van der Waals surface area contributed by atoms with Gasteiger partial charge in [0.15, 0.2) is 0 Å². The van der Waals surface area contributed by atoms with Crippen LogP contribution in [0.2, 0.25) is 0 Å². The summed E-state index contributed by atoms with van der Waals surface area (Å²) in [5.41, 5.74) is 1.09. The molecule has 1 aliphatic heterocycles. The van der Waals surface area contributed by atoms with Gasteiger partial charge in [-0.25, -0.2) is 0 Å². The van der Waals surface area contributed by atoms with Gasteiger partial charge in [0, 0.05) is 12.0 Å². The highest BCUT2D eigenvalue weighted by atomic mass is 16.6. The van der Waals surface area contributed by atoms with Crippen LogP contribution in [0, 0.1) is 0 Å². The van der Waals surface area contributed by atoms with Crippen molar-refractivity contribution in [1.82, 2.24) is 0 Å². The molecule has 1 heterocycles. The van der Waals surface area contributed by atoms with Crippen molar-refractivity contribution in [2.75, 3.05) is 0 Å². The maximum atomic E-state index is 9.34. The molecule has 0 amide bonds.